The maximum absolute atomic E-state index is 13.2. The van der Waals surface area contributed by atoms with Crippen LogP contribution in [-0.2, 0) is 17.9 Å². The summed E-state index contributed by atoms with van der Waals surface area (Å²) in [4.78, 5) is 46.3. The zero-order valence-corrected chi connectivity index (χ0v) is 19.9. The van der Waals surface area contributed by atoms with Crippen LogP contribution < -0.4 is 21.4 Å². The summed E-state index contributed by atoms with van der Waals surface area (Å²) >= 11 is 1.43. The molecular weight excluding hydrogens is 470 g/mol. The molecule has 0 radical (unpaired) electrons. The molecule has 0 amide bonds. The summed E-state index contributed by atoms with van der Waals surface area (Å²) in [6, 6.07) is 13.3. The van der Waals surface area contributed by atoms with Gasteiger partial charge in [0, 0.05) is 29.2 Å². The van der Waals surface area contributed by atoms with Gasteiger partial charge in [-0.2, -0.15) is 4.98 Å². The molecule has 4 rings (SSSR count). The third-order valence-corrected chi connectivity index (χ3v) is 5.84. The molecule has 0 aliphatic rings. The van der Waals surface area contributed by atoms with Crippen molar-refractivity contribution < 1.29 is 14.6 Å². The summed E-state index contributed by atoms with van der Waals surface area (Å²) in [7, 11) is 0. The molecule has 0 saturated carbocycles. The Morgan fingerprint density at radius 3 is 2.46 bits per heavy atom. The predicted octanol–water partition coefficient (Wildman–Crippen LogP) is 3.29. The summed E-state index contributed by atoms with van der Waals surface area (Å²) in [5.74, 6) is 0.194. The van der Waals surface area contributed by atoms with Gasteiger partial charge in [0.1, 0.15) is 17.8 Å². The highest BCUT2D eigenvalue weighted by atomic mass is 32.1. The van der Waals surface area contributed by atoms with Crippen LogP contribution in [0.25, 0.3) is 0 Å². The van der Waals surface area contributed by atoms with E-state index in [9.17, 15) is 19.5 Å². The van der Waals surface area contributed by atoms with Gasteiger partial charge in [-0.1, -0.05) is 30.4 Å². The third kappa shape index (κ3) is 5.82. The first-order valence-corrected chi connectivity index (χ1v) is 11.6. The first kappa shape index (κ1) is 23.9. The Morgan fingerprint density at radius 2 is 1.83 bits per heavy atom. The number of carbonyl (C=O) groups is 1. The van der Waals surface area contributed by atoms with Crippen molar-refractivity contribution in [1.29, 1.82) is 0 Å². The number of phenolic OH excluding ortho intramolecular Hbond substituents is 1. The lowest BCUT2D eigenvalue weighted by Gasteiger charge is -2.16. The average molecular weight is 494 g/mol. The second kappa shape index (κ2) is 10.3. The topological polar surface area (TPSA) is 128 Å². The number of anilines is 2. The van der Waals surface area contributed by atoms with Crippen LogP contribution in [0.3, 0.4) is 0 Å². The van der Waals surface area contributed by atoms with Gasteiger partial charge in [0.05, 0.1) is 6.54 Å². The van der Waals surface area contributed by atoms with Crippen LogP contribution in [-0.4, -0.2) is 30.5 Å². The Hall–Kier alpha value is -4.25. The van der Waals surface area contributed by atoms with E-state index in [4.69, 9.17) is 4.74 Å². The number of aryl methyl sites for hydroxylation is 1. The normalized spacial score (nSPS) is 11.7. The van der Waals surface area contributed by atoms with E-state index < -0.39 is 17.3 Å². The number of thiazole rings is 1. The number of hydrogen-bond donors (Lipinski definition) is 2. The number of aldehydes is 1. The lowest BCUT2D eigenvalue weighted by Crippen LogP contribution is -2.43. The number of ether oxygens (including phenoxy) is 1. The van der Waals surface area contributed by atoms with Crippen LogP contribution >= 0.6 is 11.3 Å². The van der Waals surface area contributed by atoms with E-state index in [1.807, 2.05) is 6.92 Å². The molecule has 0 aliphatic carbocycles. The second-order valence-electron chi connectivity index (χ2n) is 7.97. The van der Waals surface area contributed by atoms with E-state index >= 15 is 0 Å². The minimum atomic E-state index is -0.757. The molecule has 0 bridgehead atoms. The third-order valence-electron chi connectivity index (χ3n) is 5.05. The molecule has 2 aromatic heterocycles. The highest BCUT2D eigenvalue weighted by Gasteiger charge is 2.16. The zero-order chi connectivity index (χ0) is 24.9. The van der Waals surface area contributed by atoms with Crippen LogP contribution in [0.4, 0.5) is 11.6 Å². The van der Waals surface area contributed by atoms with Gasteiger partial charge in [-0.05, 0) is 48.9 Å². The molecule has 2 heterocycles. The summed E-state index contributed by atoms with van der Waals surface area (Å²) in [6.45, 7) is 3.57. The first-order valence-electron chi connectivity index (χ1n) is 10.7. The highest BCUT2D eigenvalue weighted by Crippen LogP contribution is 2.27. The van der Waals surface area contributed by atoms with E-state index in [0.717, 1.165) is 9.44 Å². The zero-order valence-electron chi connectivity index (χ0n) is 19.0. The Balaban J connectivity index is 1.65. The van der Waals surface area contributed by atoms with Gasteiger partial charge in [0.2, 0.25) is 5.95 Å². The van der Waals surface area contributed by atoms with E-state index in [1.54, 1.807) is 49.5 Å². The Bertz CT molecular complexity index is 1440. The number of benzene rings is 2. The van der Waals surface area contributed by atoms with Crippen LogP contribution in [0.2, 0.25) is 0 Å². The Morgan fingerprint density at radius 1 is 1.11 bits per heavy atom. The van der Waals surface area contributed by atoms with Crippen molar-refractivity contribution in [2.75, 3.05) is 5.32 Å². The molecule has 0 saturated heterocycles. The molecule has 2 N–H and O–H groups in total. The standard InChI is InChI=1S/C24H23N5O5S/c1-15(14-30)12-29-22(32)27-21(28(24(29)33)13-17-3-7-19(31)8-4-17)26-18-5-9-20(10-6-18)34-23-25-11-16(2)35-23/h3-11,14-15,31H,12-13H2,1-2H3,(H,26,27,32)/t15-/m0/s1. The minimum absolute atomic E-state index is 0.0484. The van der Waals surface area contributed by atoms with Gasteiger partial charge in [0.15, 0.2) is 0 Å². The van der Waals surface area contributed by atoms with Crippen molar-refractivity contribution in [2.24, 2.45) is 5.92 Å². The largest absolute Gasteiger partial charge is 0.508 e. The molecule has 0 aliphatic heterocycles. The molecule has 35 heavy (non-hydrogen) atoms. The number of nitrogens with one attached hydrogen (secondary N) is 1. The van der Waals surface area contributed by atoms with Gasteiger partial charge in [-0.3, -0.25) is 4.57 Å². The van der Waals surface area contributed by atoms with Gasteiger partial charge in [0.25, 0.3) is 5.19 Å². The molecule has 0 unspecified atom stereocenters. The van der Waals surface area contributed by atoms with Crippen molar-refractivity contribution in [3.63, 3.8) is 0 Å². The fourth-order valence-corrected chi connectivity index (χ4v) is 3.88. The van der Waals surface area contributed by atoms with E-state index in [1.165, 1.54) is 28.0 Å². The van der Waals surface area contributed by atoms with Crippen LogP contribution in [0.15, 0.2) is 64.3 Å². The Labute approximate surface area is 204 Å². The maximum atomic E-state index is 13.2. The van der Waals surface area contributed by atoms with Crippen molar-refractivity contribution >= 4 is 29.3 Å². The minimum Gasteiger partial charge on any atom is -0.508 e. The average Bonchev–Trinajstić information content (AvgIpc) is 3.25. The lowest BCUT2D eigenvalue weighted by molar-refractivity contribution is -0.111. The quantitative estimate of drug-likeness (QED) is 0.340. The van der Waals surface area contributed by atoms with E-state index in [2.05, 4.69) is 15.3 Å². The van der Waals surface area contributed by atoms with E-state index in [-0.39, 0.29) is 24.8 Å². The number of carbonyl (C=O) groups excluding carboxylic acids is 1. The highest BCUT2D eigenvalue weighted by molar-refractivity contribution is 7.13. The van der Waals surface area contributed by atoms with Gasteiger partial charge < -0.3 is 20.0 Å². The van der Waals surface area contributed by atoms with Crippen LogP contribution in [0.5, 0.6) is 16.7 Å². The number of hydrogen-bond acceptors (Lipinski definition) is 9. The Kier molecular flexibility index (Phi) is 7.06. The number of phenols is 1. The molecule has 10 nitrogen and oxygen atoms in total. The van der Waals surface area contributed by atoms with Crippen molar-refractivity contribution in [3.05, 3.63) is 86.1 Å². The number of aromatic hydroxyl groups is 1. The van der Waals surface area contributed by atoms with E-state index in [0.29, 0.717) is 28.5 Å². The number of rotatable bonds is 9. The van der Waals surface area contributed by atoms with Crippen molar-refractivity contribution in [2.45, 2.75) is 26.9 Å². The first-order chi connectivity index (χ1) is 16.8. The fourth-order valence-electron chi connectivity index (χ4n) is 3.26. The van der Waals surface area contributed by atoms with Crippen LogP contribution in [0.1, 0.15) is 17.4 Å². The van der Waals surface area contributed by atoms with Gasteiger partial charge in [-0.15, -0.1) is 0 Å². The summed E-state index contributed by atoms with van der Waals surface area (Å²) in [6.07, 6.45) is 2.41. The molecule has 1 atom stereocenters. The predicted molar refractivity (Wildman–Crippen MR) is 132 cm³/mol. The van der Waals surface area contributed by atoms with Crippen molar-refractivity contribution in [1.82, 2.24) is 19.1 Å². The van der Waals surface area contributed by atoms with Crippen LogP contribution in [0, 0.1) is 12.8 Å². The fraction of sp³-hybridized carbons (Fsp3) is 0.208. The monoisotopic (exact) mass is 493 g/mol. The van der Waals surface area contributed by atoms with Gasteiger partial charge in [-0.25, -0.2) is 19.1 Å². The number of nitrogens with zero attached hydrogens (tertiary/aromatic N) is 4. The SMILES string of the molecule is Cc1cnc(Oc2ccc(Nc3nc(=O)n(C[C@H](C)C=O)c(=O)n3Cc3ccc(O)cc3)cc2)s1. The smallest absolute Gasteiger partial charge is 0.354 e. The summed E-state index contributed by atoms with van der Waals surface area (Å²) in [5.41, 5.74) is -0.0658. The summed E-state index contributed by atoms with van der Waals surface area (Å²) < 4.78 is 7.98. The molecule has 2 aromatic carbocycles. The maximum Gasteiger partial charge on any atom is 0.354 e. The molecule has 4 aromatic rings. The summed E-state index contributed by atoms with van der Waals surface area (Å²) in [5, 5.41) is 13.1. The van der Waals surface area contributed by atoms with Crippen molar-refractivity contribution in [3.8, 4) is 16.7 Å². The number of aromatic nitrogens is 4. The lowest BCUT2D eigenvalue weighted by atomic mass is 10.2. The molecule has 0 fully saturated rings. The molecule has 180 valence electrons. The molecule has 0 spiro atoms. The second-order valence-corrected chi connectivity index (χ2v) is 9.16. The van der Waals surface area contributed by atoms with Gasteiger partial charge >= 0.3 is 11.4 Å². The molecular formula is C24H23N5O5S. The molecule has 11 heteroatoms.